The first-order valence-corrected chi connectivity index (χ1v) is 7.24. The molecule has 1 aromatic heterocycles. The molecule has 0 atom stereocenters. The van der Waals surface area contributed by atoms with Crippen LogP contribution in [0.1, 0.15) is 18.5 Å². The first-order chi connectivity index (χ1) is 10.3. The van der Waals surface area contributed by atoms with Crippen molar-refractivity contribution in [2.75, 3.05) is 11.9 Å². The fourth-order valence-corrected chi connectivity index (χ4v) is 2.09. The van der Waals surface area contributed by atoms with Gasteiger partial charge in [-0.25, -0.2) is 4.68 Å². The smallest absolute Gasteiger partial charge is 0.246 e. The van der Waals surface area contributed by atoms with Crippen molar-refractivity contribution < 1.29 is 4.79 Å². The molecule has 6 nitrogen and oxygen atoms in total. The van der Waals surface area contributed by atoms with E-state index in [9.17, 15) is 4.79 Å². The number of nitrogens with one attached hydrogen (secondary N) is 2. The number of hydrogen-bond acceptors (Lipinski definition) is 4. The van der Waals surface area contributed by atoms with Gasteiger partial charge in [-0.15, -0.1) is 5.10 Å². The molecule has 2 aromatic rings. The molecule has 6 heteroatoms. The van der Waals surface area contributed by atoms with Crippen LogP contribution in [-0.4, -0.2) is 27.4 Å². The molecule has 1 heterocycles. The number of hydrogen-bond donors (Lipinski definition) is 2. The lowest BCUT2D eigenvalue weighted by Gasteiger charge is -2.04. The molecule has 21 heavy (non-hydrogen) atoms. The first-order valence-electron chi connectivity index (χ1n) is 7.24. The summed E-state index contributed by atoms with van der Waals surface area (Å²) in [6.45, 7) is 1.92. The Bertz CT molecular complexity index is 591. The van der Waals surface area contributed by atoms with Crippen molar-refractivity contribution in [3.05, 3.63) is 42.2 Å². The van der Waals surface area contributed by atoms with Gasteiger partial charge in [0.15, 0.2) is 0 Å². The minimum atomic E-state index is -0.108. The summed E-state index contributed by atoms with van der Waals surface area (Å²) in [4.78, 5) is 11.9. The summed E-state index contributed by atoms with van der Waals surface area (Å²) in [6, 6.07) is 9.39. The summed E-state index contributed by atoms with van der Waals surface area (Å²) in [6.07, 6.45) is 4.48. The number of para-hydroxylation sites is 1. The second-order valence-corrected chi connectivity index (χ2v) is 5.40. The summed E-state index contributed by atoms with van der Waals surface area (Å²) < 4.78 is 1.56. The molecule has 0 aliphatic heterocycles. The topological polar surface area (TPSA) is 71.8 Å². The van der Waals surface area contributed by atoms with Gasteiger partial charge in [0.1, 0.15) is 6.54 Å². The van der Waals surface area contributed by atoms with Gasteiger partial charge in [-0.1, -0.05) is 23.4 Å². The molecule has 0 saturated heterocycles. The molecule has 1 saturated carbocycles. The molecule has 1 amide bonds. The van der Waals surface area contributed by atoms with E-state index in [1.54, 1.807) is 4.68 Å². The van der Waals surface area contributed by atoms with Crippen LogP contribution in [0.5, 0.6) is 0 Å². The van der Waals surface area contributed by atoms with Crippen molar-refractivity contribution in [2.45, 2.75) is 25.9 Å². The maximum Gasteiger partial charge on any atom is 0.246 e. The minimum Gasteiger partial charge on any atom is -0.324 e. The van der Waals surface area contributed by atoms with Crippen molar-refractivity contribution >= 4 is 11.6 Å². The lowest BCUT2D eigenvalue weighted by atomic mass is 10.3. The number of carbonyl (C=O) groups excluding carboxylic acids is 1. The van der Waals surface area contributed by atoms with E-state index < -0.39 is 0 Å². The van der Waals surface area contributed by atoms with Crippen LogP contribution in [0.4, 0.5) is 5.69 Å². The molecule has 1 aromatic carbocycles. The Labute approximate surface area is 123 Å². The average Bonchev–Trinajstić information content (AvgIpc) is 3.20. The zero-order valence-corrected chi connectivity index (χ0v) is 11.8. The number of benzene rings is 1. The summed E-state index contributed by atoms with van der Waals surface area (Å²) in [7, 11) is 0. The molecule has 0 unspecified atom stereocenters. The number of nitrogens with zero attached hydrogens (tertiary/aromatic N) is 3. The minimum absolute atomic E-state index is 0.108. The van der Waals surface area contributed by atoms with E-state index in [-0.39, 0.29) is 12.5 Å². The van der Waals surface area contributed by atoms with E-state index in [0.29, 0.717) is 6.54 Å². The van der Waals surface area contributed by atoms with Crippen LogP contribution >= 0.6 is 0 Å². The number of carbonyl (C=O) groups is 1. The fraction of sp³-hybridized carbons (Fsp3) is 0.400. The number of amides is 1. The summed E-state index contributed by atoms with van der Waals surface area (Å²) in [5.74, 6) is 0.736. The normalized spacial score (nSPS) is 14.1. The van der Waals surface area contributed by atoms with Crippen molar-refractivity contribution in [2.24, 2.45) is 5.92 Å². The Hall–Kier alpha value is -2.21. The van der Waals surface area contributed by atoms with Crippen LogP contribution in [0.2, 0.25) is 0 Å². The third-order valence-corrected chi connectivity index (χ3v) is 3.39. The molecule has 0 spiro atoms. The van der Waals surface area contributed by atoms with Crippen LogP contribution in [0, 0.1) is 5.92 Å². The molecule has 0 bridgehead atoms. The monoisotopic (exact) mass is 285 g/mol. The molecular weight excluding hydrogens is 266 g/mol. The second-order valence-electron chi connectivity index (χ2n) is 5.40. The summed E-state index contributed by atoms with van der Waals surface area (Å²) in [5, 5.41) is 14.2. The van der Waals surface area contributed by atoms with Crippen molar-refractivity contribution in [3.63, 3.8) is 0 Å². The third-order valence-electron chi connectivity index (χ3n) is 3.39. The zero-order chi connectivity index (χ0) is 14.5. The Kier molecular flexibility index (Phi) is 4.25. The maximum absolute atomic E-state index is 11.9. The lowest BCUT2D eigenvalue weighted by molar-refractivity contribution is -0.116. The van der Waals surface area contributed by atoms with Crippen LogP contribution in [0.25, 0.3) is 0 Å². The number of rotatable bonds is 7. The van der Waals surface area contributed by atoms with Gasteiger partial charge < -0.3 is 10.6 Å². The van der Waals surface area contributed by atoms with Crippen molar-refractivity contribution in [1.82, 2.24) is 20.3 Å². The predicted molar refractivity (Wildman–Crippen MR) is 79.5 cm³/mol. The molecule has 1 aliphatic rings. The molecule has 0 radical (unpaired) electrons. The standard InChI is InChI=1S/C15H19N5O/c21-15(17-13-4-2-1-3-5-13)11-20-10-14(18-19-20)9-16-8-12-6-7-12/h1-5,10,12,16H,6-9,11H2,(H,17,21). The van der Waals surface area contributed by atoms with E-state index in [4.69, 9.17) is 0 Å². The van der Waals surface area contributed by atoms with E-state index in [2.05, 4.69) is 20.9 Å². The molecule has 110 valence electrons. The van der Waals surface area contributed by atoms with E-state index in [1.807, 2.05) is 36.5 Å². The highest BCUT2D eigenvalue weighted by atomic mass is 16.2. The Balaban J connectivity index is 1.45. The second kappa shape index (κ2) is 6.49. The average molecular weight is 285 g/mol. The van der Waals surface area contributed by atoms with Gasteiger partial charge in [0, 0.05) is 12.2 Å². The Morgan fingerprint density at radius 3 is 2.86 bits per heavy atom. The number of aromatic nitrogens is 3. The number of anilines is 1. The lowest BCUT2D eigenvalue weighted by Crippen LogP contribution is -2.19. The van der Waals surface area contributed by atoms with E-state index in [1.165, 1.54) is 12.8 Å². The van der Waals surface area contributed by atoms with Gasteiger partial charge in [-0.3, -0.25) is 4.79 Å². The van der Waals surface area contributed by atoms with Gasteiger partial charge in [0.25, 0.3) is 0 Å². The van der Waals surface area contributed by atoms with Gasteiger partial charge in [0.2, 0.25) is 5.91 Å². The van der Waals surface area contributed by atoms with E-state index in [0.717, 1.165) is 23.8 Å². The maximum atomic E-state index is 11.9. The highest BCUT2D eigenvalue weighted by Crippen LogP contribution is 2.27. The Morgan fingerprint density at radius 1 is 1.29 bits per heavy atom. The fourth-order valence-electron chi connectivity index (χ4n) is 2.09. The predicted octanol–water partition coefficient (Wildman–Crippen LogP) is 1.42. The molecule has 1 fully saturated rings. The van der Waals surface area contributed by atoms with Gasteiger partial charge in [-0.2, -0.15) is 0 Å². The van der Waals surface area contributed by atoms with Crippen LogP contribution < -0.4 is 10.6 Å². The highest BCUT2D eigenvalue weighted by Gasteiger charge is 2.20. The third kappa shape index (κ3) is 4.39. The zero-order valence-electron chi connectivity index (χ0n) is 11.8. The molecule has 2 N–H and O–H groups in total. The molecule has 1 aliphatic carbocycles. The van der Waals surface area contributed by atoms with Crippen molar-refractivity contribution in [3.8, 4) is 0 Å². The summed E-state index contributed by atoms with van der Waals surface area (Å²) in [5.41, 5.74) is 1.65. The first kappa shape index (κ1) is 13.8. The van der Waals surface area contributed by atoms with E-state index >= 15 is 0 Å². The largest absolute Gasteiger partial charge is 0.324 e. The van der Waals surface area contributed by atoms with Crippen LogP contribution in [-0.2, 0) is 17.9 Å². The van der Waals surface area contributed by atoms with Crippen LogP contribution in [0.3, 0.4) is 0 Å². The van der Waals surface area contributed by atoms with Gasteiger partial charge in [0.05, 0.1) is 11.9 Å². The van der Waals surface area contributed by atoms with Crippen molar-refractivity contribution in [1.29, 1.82) is 0 Å². The highest BCUT2D eigenvalue weighted by molar-refractivity contribution is 5.90. The van der Waals surface area contributed by atoms with Gasteiger partial charge >= 0.3 is 0 Å². The Morgan fingerprint density at radius 2 is 2.10 bits per heavy atom. The van der Waals surface area contributed by atoms with Gasteiger partial charge in [-0.05, 0) is 37.4 Å². The SMILES string of the molecule is O=C(Cn1cc(CNCC2CC2)nn1)Nc1ccccc1. The molecule has 3 rings (SSSR count). The van der Waals surface area contributed by atoms with Crippen LogP contribution in [0.15, 0.2) is 36.5 Å². The molecular formula is C15H19N5O. The summed E-state index contributed by atoms with van der Waals surface area (Å²) >= 11 is 0. The quantitative estimate of drug-likeness (QED) is 0.807.